The van der Waals surface area contributed by atoms with Gasteiger partial charge in [0.25, 0.3) is 5.91 Å². The Hall–Kier alpha value is -3.13. The van der Waals surface area contributed by atoms with E-state index in [1.807, 2.05) is 66.4 Å². The molecule has 2 N–H and O–H groups in total. The van der Waals surface area contributed by atoms with Gasteiger partial charge in [-0.3, -0.25) is 14.5 Å². The first-order chi connectivity index (χ1) is 18.0. The molecular formula is C30H33N3O3S. The molecule has 1 fully saturated rings. The number of nitrogens with zero attached hydrogens (tertiary/aromatic N) is 2. The number of aliphatic hydroxyl groups excluding tert-OH is 1. The van der Waals surface area contributed by atoms with E-state index in [1.165, 1.54) is 0 Å². The lowest BCUT2D eigenvalue weighted by Crippen LogP contribution is -2.37. The summed E-state index contributed by atoms with van der Waals surface area (Å²) in [5, 5.41) is 12.8. The van der Waals surface area contributed by atoms with Crippen molar-refractivity contribution in [2.75, 3.05) is 41.9 Å². The Balaban J connectivity index is 1.43. The van der Waals surface area contributed by atoms with Gasteiger partial charge in [0.05, 0.1) is 6.61 Å². The molecule has 192 valence electrons. The minimum Gasteiger partial charge on any atom is -0.395 e. The fraction of sp³-hybridized carbons (Fsp3) is 0.333. The van der Waals surface area contributed by atoms with Crippen molar-refractivity contribution in [3.05, 3.63) is 83.4 Å². The van der Waals surface area contributed by atoms with Crippen LogP contribution in [0.15, 0.2) is 66.7 Å². The Morgan fingerprint density at radius 1 is 1.11 bits per heavy atom. The fourth-order valence-corrected chi connectivity index (χ4v) is 6.48. The maximum Gasteiger partial charge on any atom is 0.255 e. The number of aryl methyl sites for hydroxylation is 1. The van der Waals surface area contributed by atoms with Crippen molar-refractivity contribution in [1.82, 2.24) is 4.90 Å². The summed E-state index contributed by atoms with van der Waals surface area (Å²) in [6.07, 6.45) is 2.35. The number of rotatable bonds is 8. The van der Waals surface area contributed by atoms with Gasteiger partial charge < -0.3 is 15.3 Å². The van der Waals surface area contributed by atoms with Crippen LogP contribution in [0.5, 0.6) is 0 Å². The minimum atomic E-state index is -0.185. The molecule has 2 aliphatic heterocycles. The maximum absolute atomic E-state index is 13.3. The van der Waals surface area contributed by atoms with Gasteiger partial charge in [-0.25, -0.2) is 0 Å². The summed E-state index contributed by atoms with van der Waals surface area (Å²) in [5.41, 5.74) is 6.49. The van der Waals surface area contributed by atoms with Gasteiger partial charge in [0, 0.05) is 55.3 Å². The molecule has 1 saturated heterocycles. The first-order valence-electron chi connectivity index (χ1n) is 12.9. The normalized spacial score (nSPS) is 17.2. The number of anilines is 2. The molecular weight excluding hydrogens is 482 g/mol. The van der Waals surface area contributed by atoms with Gasteiger partial charge >= 0.3 is 0 Å². The lowest BCUT2D eigenvalue weighted by Gasteiger charge is -2.29. The molecule has 0 saturated carbocycles. The number of fused-ring (bicyclic) bond motifs is 1. The largest absolute Gasteiger partial charge is 0.395 e. The van der Waals surface area contributed by atoms with Crippen LogP contribution in [0, 0.1) is 0 Å². The predicted molar refractivity (Wildman–Crippen MR) is 151 cm³/mol. The second kappa shape index (κ2) is 11.5. The van der Waals surface area contributed by atoms with Crippen molar-refractivity contribution >= 4 is 35.0 Å². The maximum atomic E-state index is 13.3. The zero-order valence-corrected chi connectivity index (χ0v) is 22.0. The summed E-state index contributed by atoms with van der Waals surface area (Å²) >= 11 is 1.95. The number of benzene rings is 3. The molecule has 2 aliphatic rings. The van der Waals surface area contributed by atoms with Crippen LogP contribution >= 0.6 is 11.8 Å². The van der Waals surface area contributed by atoms with E-state index < -0.39 is 0 Å². The molecule has 0 radical (unpaired) electrons. The molecule has 3 aromatic carbocycles. The fourth-order valence-electron chi connectivity index (χ4n) is 5.23. The lowest BCUT2D eigenvalue weighted by atomic mass is 9.96. The minimum absolute atomic E-state index is 0.0882. The molecule has 0 aliphatic carbocycles. The van der Waals surface area contributed by atoms with Crippen molar-refractivity contribution < 1.29 is 14.7 Å². The van der Waals surface area contributed by atoms with Crippen molar-refractivity contribution in [3.8, 4) is 11.1 Å². The van der Waals surface area contributed by atoms with E-state index in [0.717, 1.165) is 52.3 Å². The van der Waals surface area contributed by atoms with Gasteiger partial charge in [-0.2, -0.15) is 11.8 Å². The number of carbonyl (C=O) groups excluding carboxylic acids is 2. The van der Waals surface area contributed by atoms with Crippen LogP contribution in [0.3, 0.4) is 0 Å². The van der Waals surface area contributed by atoms with E-state index in [4.69, 9.17) is 0 Å². The van der Waals surface area contributed by atoms with E-state index in [-0.39, 0.29) is 18.4 Å². The quantitative estimate of drug-likeness (QED) is 0.450. The van der Waals surface area contributed by atoms with Gasteiger partial charge in [-0.15, -0.1) is 0 Å². The molecule has 1 atom stereocenters. The number of thioether (sulfide) groups is 1. The third kappa shape index (κ3) is 5.74. The predicted octanol–water partition coefficient (Wildman–Crippen LogP) is 4.81. The summed E-state index contributed by atoms with van der Waals surface area (Å²) in [4.78, 5) is 29.5. The molecule has 0 aromatic heterocycles. The molecule has 0 bridgehead atoms. The molecule has 7 heteroatoms. The molecule has 1 unspecified atom stereocenters. The Labute approximate surface area is 222 Å². The van der Waals surface area contributed by atoms with Crippen LogP contribution in [0.25, 0.3) is 11.1 Å². The summed E-state index contributed by atoms with van der Waals surface area (Å²) in [7, 11) is 1.78. The van der Waals surface area contributed by atoms with Gasteiger partial charge in [0.15, 0.2) is 0 Å². The van der Waals surface area contributed by atoms with E-state index in [0.29, 0.717) is 36.8 Å². The number of amides is 2. The van der Waals surface area contributed by atoms with Crippen molar-refractivity contribution in [3.63, 3.8) is 0 Å². The van der Waals surface area contributed by atoms with Crippen molar-refractivity contribution in [2.45, 2.75) is 31.8 Å². The van der Waals surface area contributed by atoms with Crippen LogP contribution in [-0.2, 0) is 17.8 Å². The number of hydrogen-bond acceptors (Lipinski definition) is 5. The number of aliphatic hydroxyl groups is 1. The second-order valence-electron chi connectivity index (χ2n) is 9.70. The monoisotopic (exact) mass is 515 g/mol. The van der Waals surface area contributed by atoms with Crippen LogP contribution in [-0.4, -0.2) is 59.6 Å². The Bertz CT molecular complexity index is 1270. The zero-order valence-electron chi connectivity index (χ0n) is 21.2. The third-order valence-electron chi connectivity index (χ3n) is 7.32. The van der Waals surface area contributed by atoms with Crippen LogP contribution in [0.4, 0.5) is 11.4 Å². The average Bonchev–Trinajstić information content (AvgIpc) is 3.46. The summed E-state index contributed by atoms with van der Waals surface area (Å²) in [6, 6.07) is 22.3. The summed E-state index contributed by atoms with van der Waals surface area (Å²) in [5.74, 6) is 2.11. The van der Waals surface area contributed by atoms with Gasteiger partial charge in [-0.05, 0) is 65.1 Å². The topological polar surface area (TPSA) is 72.9 Å². The van der Waals surface area contributed by atoms with E-state index in [9.17, 15) is 14.7 Å². The summed E-state index contributed by atoms with van der Waals surface area (Å²) in [6.45, 7) is 1.39. The van der Waals surface area contributed by atoms with Crippen LogP contribution in [0.2, 0.25) is 0 Å². The van der Waals surface area contributed by atoms with E-state index >= 15 is 0 Å². The molecule has 37 heavy (non-hydrogen) atoms. The Kier molecular flexibility index (Phi) is 7.93. The first kappa shape index (κ1) is 25.5. The summed E-state index contributed by atoms with van der Waals surface area (Å²) < 4.78 is 0. The molecule has 0 spiro atoms. The highest BCUT2D eigenvalue weighted by atomic mass is 32.2. The number of hydrogen-bond donors (Lipinski definition) is 2. The van der Waals surface area contributed by atoms with E-state index in [2.05, 4.69) is 22.3 Å². The smallest absolute Gasteiger partial charge is 0.255 e. The standard InChI is InChI=1S/C30H33N3O3S/c1-32-28-18-25(10-7-22(28)9-12-29(32)35)31-30(36)23-8-11-27(21-5-3-2-4-6-21)24(17-23)19-33(14-15-34)26-13-16-37-20-26/h2-8,10-11,17-18,26,34H,9,12-16,19-20H2,1H3,(H,31,36). The highest BCUT2D eigenvalue weighted by Gasteiger charge is 2.25. The van der Waals surface area contributed by atoms with Gasteiger partial charge in [0.2, 0.25) is 5.91 Å². The van der Waals surface area contributed by atoms with Crippen LogP contribution in [0.1, 0.15) is 34.3 Å². The first-order valence-corrected chi connectivity index (χ1v) is 14.0. The second-order valence-corrected chi connectivity index (χ2v) is 10.8. The SMILES string of the molecule is CN1C(=O)CCc2ccc(NC(=O)c3ccc(-c4ccccc4)c(CN(CCO)C4CCSC4)c3)cc21. The van der Waals surface area contributed by atoms with Crippen molar-refractivity contribution in [2.24, 2.45) is 0 Å². The Morgan fingerprint density at radius 3 is 2.70 bits per heavy atom. The highest BCUT2D eigenvalue weighted by molar-refractivity contribution is 7.99. The molecule has 2 amide bonds. The Morgan fingerprint density at radius 2 is 1.95 bits per heavy atom. The lowest BCUT2D eigenvalue weighted by molar-refractivity contribution is -0.118. The average molecular weight is 516 g/mol. The number of carbonyl (C=O) groups is 2. The molecule has 2 heterocycles. The zero-order chi connectivity index (χ0) is 25.8. The molecule has 3 aromatic rings. The van der Waals surface area contributed by atoms with Gasteiger partial charge in [-0.1, -0.05) is 42.5 Å². The number of nitrogens with one attached hydrogen (secondary N) is 1. The molecule has 6 nitrogen and oxygen atoms in total. The van der Waals surface area contributed by atoms with Crippen molar-refractivity contribution in [1.29, 1.82) is 0 Å². The van der Waals surface area contributed by atoms with Gasteiger partial charge in [0.1, 0.15) is 0 Å². The van der Waals surface area contributed by atoms with Crippen LogP contribution < -0.4 is 10.2 Å². The highest BCUT2D eigenvalue weighted by Crippen LogP contribution is 2.31. The third-order valence-corrected chi connectivity index (χ3v) is 8.47. The van der Waals surface area contributed by atoms with E-state index in [1.54, 1.807) is 11.9 Å². The molecule has 5 rings (SSSR count).